The largest absolute Gasteiger partial charge is 0.507 e. The summed E-state index contributed by atoms with van der Waals surface area (Å²) in [7, 11) is 0. The highest BCUT2D eigenvalue weighted by Gasteiger charge is 2.02. The molecule has 0 spiro atoms. The number of nitrogens with one attached hydrogen (secondary N) is 1. The van der Waals surface area contributed by atoms with Crippen LogP contribution in [0.5, 0.6) is 5.75 Å². The van der Waals surface area contributed by atoms with Crippen molar-refractivity contribution in [2.45, 2.75) is 0 Å². The molecule has 0 atom stereocenters. The number of carbonyl (C=O) groups excluding carboxylic acids is 1. The fraction of sp³-hybridized carbons (Fsp3) is 0. The molecule has 0 fully saturated rings. The Kier molecular flexibility index (Phi) is 4.68. The molecule has 3 aromatic rings. The SMILES string of the molecule is N=Cc1c(O)ccc2ccccc12.NC(=O)c1cccs1. The third-order valence-corrected chi connectivity index (χ3v) is 3.74. The number of nitrogens with two attached hydrogens (primary N) is 1. The number of carbonyl (C=O) groups is 1. The Hall–Kier alpha value is -2.66. The van der Waals surface area contributed by atoms with Crippen LogP contribution in [0, 0.1) is 5.41 Å². The highest BCUT2D eigenvalue weighted by molar-refractivity contribution is 7.12. The summed E-state index contributed by atoms with van der Waals surface area (Å²) in [6.07, 6.45) is 1.18. The Morgan fingerprint density at radius 3 is 2.48 bits per heavy atom. The standard InChI is InChI=1S/C11H9NO.C5H5NOS/c12-7-10-9-4-2-1-3-8(9)5-6-11(10)13;6-5(7)4-2-1-3-8-4/h1-7,12-13H;1-3H,(H2,6,7). The van der Waals surface area contributed by atoms with Gasteiger partial charge in [-0.2, -0.15) is 0 Å². The Labute approximate surface area is 126 Å². The number of rotatable bonds is 2. The van der Waals surface area contributed by atoms with Gasteiger partial charge < -0.3 is 16.2 Å². The molecule has 0 aliphatic rings. The van der Waals surface area contributed by atoms with E-state index < -0.39 is 0 Å². The third-order valence-electron chi connectivity index (χ3n) is 2.86. The Morgan fingerprint density at radius 2 is 1.90 bits per heavy atom. The number of thiophene rings is 1. The average Bonchev–Trinajstić information content (AvgIpc) is 3.02. The van der Waals surface area contributed by atoms with Gasteiger partial charge in [0.05, 0.1) is 4.88 Å². The quantitative estimate of drug-likeness (QED) is 0.633. The molecule has 106 valence electrons. The minimum atomic E-state index is -0.347. The molecule has 0 bridgehead atoms. The van der Waals surface area contributed by atoms with Crippen molar-refractivity contribution in [3.8, 4) is 5.75 Å². The number of hydrogen-bond acceptors (Lipinski definition) is 4. The van der Waals surface area contributed by atoms with Crippen LogP contribution in [0.2, 0.25) is 0 Å². The van der Waals surface area contributed by atoms with Crippen molar-refractivity contribution in [3.05, 3.63) is 64.4 Å². The lowest BCUT2D eigenvalue weighted by Crippen LogP contribution is -2.07. The summed E-state index contributed by atoms with van der Waals surface area (Å²) >= 11 is 1.36. The molecule has 4 nitrogen and oxygen atoms in total. The highest BCUT2D eigenvalue weighted by Crippen LogP contribution is 2.24. The molecule has 0 saturated heterocycles. The number of hydrogen-bond donors (Lipinski definition) is 3. The molecule has 0 radical (unpaired) electrons. The molecule has 4 N–H and O–H groups in total. The molecule has 1 aromatic heterocycles. The zero-order valence-electron chi connectivity index (χ0n) is 11.1. The molecule has 0 aliphatic carbocycles. The summed E-state index contributed by atoms with van der Waals surface area (Å²) < 4.78 is 0. The second-order valence-corrected chi connectivity index (χ2v) is 5.15. The minimum Gasteiger partial charge on any atom is -0.507 e. The lowest BCUT2D eigenvalue weighted by Gasteiger charge is -2.03. The first-order chi connectivity index (χ1) is 10.1. The lowest BCUT2D eigenvalue weighted by molar-refractivity contribution is 0.100. The Balaban J connectivity index is 0.000000173. The second-order valence-electron chi connectivity index (χ2n) is 4.21. The van der Waals surface area contributed by atoms with Gasteiger partial charge in [0.2, 0.25) is 0 Å². The average molecular weight is 298 g/mol. The molecular weight excluding hydrogens is 284 g/mol. The van der Waals surface area contributed by atoms with Gasteiger partial charge in [-0.15, -0.1) is 11.3 Å². The van der Waals surface area contributed by atoms with Crippen molar-refractivity contribution in [2.24, 2.45) is 5.73 Å². The predicted octanol–water partition coefficient (Wildman–Crippen LogP) is 3.39. The first-order valence-corrected chi connectivity index (χ1v) is 7.06. The van der Waals surface area contributed by atoms with Crippen LogP contribution in [-0.4, -0.2) is 17.2 Å². The van der Waals surface area contributed by atoms with Gasteiger partial charge >= 0.3 is 0 Å². The van der Waals surface area contributed by atoms with Crippen molar-refractivity contribution in [1.29, 1.82) is 5.41 Å². The van der Waals surface area contributed by atoms with Gasteiger partial charge in [-0.3, -0.25) is 4.79 Å². The molecule has 0 aliphatic heterocycles. The summed E-state index contributed by atoms with van der Waals surface area (Å²) in [6, 6.07) is 14.7. The van der Waals surface area contributed by atoms with Gasteiger partial charge in [-0.1, -0.05) is 36.4 Å². The van der Waals surface area contributed by atoms with Gasteiger partial charge in [-0.25, -0.2) is 0 Å². The van der Waals surface area contributed by atoms with E-state index in [-0.39, 0.29) is 11.7 Å². The van der Waals surface area contributed by atoms with Crippen molar-refractivity contribution in [3.63, 3.8) is 0 Å². The van der Waals surface area contributed by atoms with E-state index in [1.165, 1.54) is 17.6 Å². The number of amides is 1. The maximum Gasteiger partial charge on any atom is 0.258 e. The van der Waals surface area contributed by atoms with Crippen molar-refractivity contribution >= 4 is 34.2 Å². The van der Waals surface area contributed by atoms with Gasteiger partial charge in [-0.05, 0) is 28.3 Å². The van der Waals surface area contributed by atoms with Crippen LogP contribution < -0.4 is 5.73 Å². The van der Waals surface area contributed by atoms with Gasteiger partial charge in [0.25, 0.3) is 5.91 Å². The number of fused-ring (bicyclic) bond motifs is 1. The lowest BCUT2D eigenvalue weighted by atomic mass is 10.0. The van der Waals surface area contributed by atoms with Crippen molar-refractivity contribution < 1.29 is 9.90 Å². The van der Waals surface area contributed by atoms with Crippen LogP contribution in [-0.2, 0) is 0 Å². The van der Waals surface area contributed by atoms with Crippen LogP contribution in [0.4, 0.5) is 0 Å². The molecule has 0 saturated carbocycles. The van der Waals surface area contributed by atoms with E-state index >= 15 is 0 Å². The van der Waals surface area contributed by atoms with Crippen molar-refractivity contribution in [2.75, 3.05) is 0 Å². The molecule has 5 heteroatoms. The molecule has 1 heterocycles. The molecular formula is C16H14N2O2S. The summed E-state index contributed by atoms with van der Waals surface area (Å²) in [6.45, 7) is 0. The van der Waals surface area contributed by atoms with Crippen LogP contribution >= 0.6 is 11.3 Å². The molecule has 21 heavy (non-hydrogen) atoms. The van der Waals surface area contributed by atoms with Gasteiger partial charge in [0.1, 0.15) is 5.75 Å². The van der Waals surface area contributed by atoms with E-state index in [2.05, 4.69) is 0 Å². The Morgan fingerprint density at radius 1 is 1.14 bits per heavy atom. The van der Waals surface area contributed by atoms with E-state index in [0.717, 1.165) is 10.8 Å². The van der Waals surface area contributed by atoms with Crippen LogP contribution in [0.15, 0.2) is 53.9 Å². The summed E-state index contributed by atoms with van der Waals surface area (Å²) in [4.78, 5) is 10.9. The summed E-state index contributed by atoms with van der Waals surface area (Å²) in [5.74, 6) is -0.186. The monoisotopic (exact) mass is 298 g/mol. The Bertz CT molecular complexity index is 767. The van der Waals surface area contributed by atoms with E-state index in [1.807, 2.05) is 35.7 Å². The van der Waals surface area contributed by atoms with Gasteiger partial charge in [0.15, 0.2) is 0 Å². The number of aromatic hydroxyl groups is 1. The second kappa shape index (κ2) is 6.67. The van der Waals surface area contributed by atoms with E-state index in [1.54, 1.807) is 18.2 Å². The number of primary amides is 1. The minimum absolute atomic E-state index is 0.161. The first kappa shape index (κ1) is 14.7. The van der Waals surface area contributed by atoms with Crippen molar-refractivity contribution in [1.82, 2.24) is 0 Å². The molecule has 0 unspecified atom stereocenters. The van der Waals surface area contributed by atoms with E-state index in [9.17, 15) is 9.90 Å². The molecule has 3 rings (SSSR count). The molecule has 2 aromatic carbocycles. The fourth-order valence-electron chi connectivity index (χ4n) is 1.85. The predicted molar refractivity (Wildman–Crippen MR) is 86.3 cm³/mol. The maximum absolute atomic E-state index is 10.3. The topological polar surface area (TPSA) is 87.2 Å². The number of benzene rings is 2. The van der Waals surface area contributed by atoms with Crippen LogP contribution in [0.3, 0.4) is 0 Å². The zero-order valence-corrected chi connectivity index (χ0v) is 11.9. The smallest absolute Gasteiger partial charge is 0.258 e. The molecule has 1 amide bonds. The van der Waals surface area contributed by atoms with E-state index in [0.29, 0.717) is 10.4 Å². The fourth-order valence-corrected chi connectivity index (χ4v) is 2.43. The zero-order chi connectivity index (χ0) is 15.2. The van der Waals surface area contributed by atoms with Crippen LogP contribution in [0.1, 0.15) is 15.2 Å². The van der Waals surface area contributed by atoms with Gasteiger partial charge in [0, 0.05) is 11.8 Å². The highest BCUT2D eigenvalue weighted by atomic mass is 32.1. The first-order valence-electron chi connectivity index (χ1n) is 6.18. The summed E-state index contributed by atoms with van der Waals surface area (Å²) in [5, 5.41) is 20.4. The maximum atomic E-state index is 10.3. The normalized spacial score (nSPS) is 9.71. The van der Waals surface area contributed by atoms with Crippen LogP contribution in [0.25, 0.3) is 10.8 Å². The summed E-state index contributed by atoms with van der Waals surface area (Å²) in [5.41, 5.74) is 5.51. The number of phenolic OH excluding ortho intramolecular Hbond substituents is 1. The van der Waals surface area contributed by atoms with E-state index in [4.69, 9.17) is 11.1 Å². The number of phenols is 1. The third kappa shape index (κ3) is 3.46.